The second-order valence-corrected chi connectivity index (χ2v) is 4.42. The fraction of sp³-hybridized carbons (Fsp3) is 0.417. The lowest BCUT2D eigenvalue weighted by Gasteiger charge is -2.31. The highest BCUT2D eigenvalue weighted by molar-refractivity contribution is 5.77. The first-order chi connectivity index (χ1) is 8.14. The Bertz CT molecular complexity index is 492. The van der Waals surface area contributed by atoms with Gasteiger partial charge < -0.3 is 9.88 Å². The van der Waals surface area contributed by atoms with Crippen molar-refractivity contribution in [3.63, 3.8) is 0 Å². The Morgan fingerprint density at radius 3 is 2.59 bits per heavy atom. The molecule has 0 bridgehead atoms. The number of H-pyrrole nitrogens is 1. The van der Waals surface area contributed by atoms with E-state index in [0.717, 1.165) is 11.0 Å². The number of fused-ring (bicyclic) bond motifs is 1. The van der Waals surface area contributed by atoms with Gasteiger partial charge in [-0.3, -0.25) is 0 Å². The van der Waals surface area contributed by atoms with Gasteiger partial charge in [-0.1, -0.05) is 12.1 Å². The molecule has 1 aromatic heterocycles. The van der Waals surface area contributed by atoms with Crippen molar-refractivity contribution in [3.8, 4) is 0 Å². The summed E-state index contributed by atoms with van der Waals surface area (Å²) >= 11 is 0. The monoisotopic (exact) mass is 237 g/mol. The van der Waals surface area contributed by atoms with Crippen molar-refractivity contribution in [1.29, 1.82) is 0 Å². The average Bonchev–Trinajstić information content (AvgIpc) is 2.72. The first-order valence-electron chi connectivity index (χ1n) is 5.72. The summed E-state index contributed by atoms with van der Waals surface area (Å²) in [6.07, 6.45) is -0.186. The van der Waals surface area contributed by atoms with E-state index in [0.29, 0.717) is 19.0 Å². The van der Waals surface area contributed by atoms with Crippen molar-refractivity contribution in [2.75, 3.05) is 18.0 Å². The van der Waals surface area contributed by atoms with Gasteiger partial charge in [0.2, 0.25) is 5.95 Å². The van der Waals surface area contributed by atoms with Gasteiger partial charge in [0.25, 0.3) is 5.92 Å². The minimum atomic E-state index is -2.51. The Hall–Kier alpha value is -1.65. The Kier molecular flexibility index (Phi) is 2.28. The summed E-state index contributed by atoms with van der Waals surface area (Å²) in [6, 6.07) is 7.68. The fourth-order valence-electron chi connectivity index (χ4n) is 2.13. The summed E-state index contributed by atoms with van der Waals surface area (Å²) in [5, 5.41) is 0. The molecule has 0 spiro atoms. The number of para-hydroxylation sites is 2. The number of benzene rings is 1. The van der Waals surface area contributed by atoms with E-state index in [9.17, 15) is 8.78 Å². The summed E-state index contributed by atoms with van der Waals surface area (Å²) in [7, 11) is 0. The van der Waals surface area contributed by atoms with Gasteiger partial charge in [-0.2, -0.15) is 0 Å². The predicted octanol–water partition coefficient (Wildman–Crippen LogP) is 2.80. The van der Waals surface area contributed by atoms with Crippen LogP contribution >= 0.6 is 0 Å². The van der Waals surface area contributed by atoms with Crippen LogP contribution in [0.15, 0.2) is 24.3 Å². The third kappa shape index (κ3) is 1.97. The highest BCUT2D eigenvalue weighted by atomic mass is 19.3. The van der Waals surface area contributed by atoms with Crippen LogP contribution in [0, 0.1) is 0 Å². The van der Waals surface area contributed by atoms with E-state index in [2.05, 4.69) is 9.97 Å². The number of rotatable bonds is 1. The third-order valence-corrected chi connectivity index (χ3v) is 3.17. The normalized spacial score (nSPS) is 19.8. The van der Waals surface area contributed by atoms with E-state index in [1.54, 1.807) is 0 Å². The van der Waals surface area contributed by atoms with Crippen LogP contribution in [-0.4, -0.2) is 29.0 Å². The molecule has 5 heteroatoms. The number of halogens is 2. The number of alkyl halides is 2. The number of nitrogens with zero attached hydrogens (tertiary/aromatic N) is 2. The molecule has 1 aliphatic heterocycles. The number of imidazole rings is 1. The molecule has 90 valence electrons. The molecular weight excluding hydrogens is 224 g/mol. The maximum Gasteiger partial charge on any atom is 0.251 e. The van der Waals surface area contributed by atoms with E-state index >= 15 is 0 Å². The van der Waals surface area contributed by atoms with Crippen LogP contribution in [0.25, 0.3) is 11.0 Å². The topological polar surface area (TPSA) is 31.9 Å². The Labute approximate surface area is 97.5 Å². The molecule has 3 rings (SSSR count). The molecule has 0 radical (unpaired) electrons. The molecule has 1 aromatic carbocycles. The molecule has 0 unspecified atom stereocenters. The number of piperidine rings is 1. The molecule has 0 atom stereocenters. The standard InChI is InChI=1S/C12H13F2N3/c13-12(14)5-7-17(8-6-12)11-15-9-3-1-2-4-10(9)16-11/h1-4H,5-8H2,(H,15,16). The Morgan fingerprint density at radius 1 is 1.18 bits per heavy atom. The molecule has 17 heavy (non-hydrogen) atoms. The van der Waals surface area contributed by atoms with Gasteiger partial charge in [0.15, 0.2) is 0 Å². The minimum absolute atomic E-state index is 0.0932. The smallest absolute Gasteiger partial charge is 0.251 e. The fourth-order valence-corrected chi connectivity index (χ4v) is 2.13. The lowest BCUT2D eigenvalue weighted by atomic mass is 10.1. The first kappa shape index (κ1) is 10.5. The molecule has 1 N–H and O–H groups in total. The second kappa shape index (κ2) is 3.68. The van der Waals surface area contributed by atoms with Crippen molar-refractivity contribution in [3.05, 3.63) is 24.3 Å². The molecule has 1 aliphatic rings. The number of aromatic nitrogens is 2. The number of nitrogens with one attached hydrogen (secondary N) is 1. The lowest BCUT2D eigenvalue weighted by Crippen LogP contribution is -2.39. The third-order valence-electron chi connectivity index (χ3n) is 3.17. The Balaban J connectivity index is 1.85. The summed E-state index contributed by atoms with van der Waals surface area (Å²) in [6.45, 7) is 0.708. The molecule has 1 fully saturated rings. The second-order valence-electron chi connectivity index (χ2n) is 4.42. The zero-order valence-corrected chi connectivity index (χ0v) is 9.29. The van der Waals surface area contributed by atoms with Crippen LogP contribution in [0.1, 0.15) is 12.8 Å². The van der Waals surface area contributed by atoms with E-state index < -0.39 is 5.92 Å². The molecule has 1 saturated heterocycles. The molecule has 2 aromatic rings. The molecular formula is C12H13F2N3. The highest BCUT2D eigenvalue weighted by Gasteiger charge is 2.34. The van der Waals surface area contributed by atoms with Gasteiger partial charge >= 0.3 is 0 Å². The molecule has 0 aliphatic carbocycles. The SMILES string of the molecule is FC1(F)CCN(c2nc3ccccc3[nH]2)CC1. The highest BCUT2D eigenvalue weighted by Crippen LogP contribution is 2.29. The van der Waals surface area contributed by atoms with Gasteiger partial charge in [-0.25, -0.2) is 13.8 Å². The average molecular weight is 237 g/mol. The largest absolute Gasteiger partial charge is 0.342 e. The van der Waals surface area contributed by atoms with Crippen LogP contribution in [-0.2, 0) is 0 Å². The van der Waals surface area contributed by atoms with Gasteiger partial charge in [0.05, 0.1) is 11.0 Å². The summed E-state index contributed by atoms with van der Waals surface area (Å²) < 4.78 is 26.1. The number of anilines is 1. The van der Waals surface area contributed by atoms with E-state index in [-0.39, 0.29) is 12.8 Å². The van der Waals surface area contributed by atoms with Gasteiger partial charge in [0.1, 0.15) is 0 Å². The number of hydrogen-bond donors (Lipinski definition) is 1. The van der Waals surface area contributed by atoms with Crippen LogP contribution in [0.4, 0.5) is 14.7 Å². The van der Waals surface area contributed by atoms with Crippen molar-refractivity contribution in [2.24, 2.45) is 0 Å². The quantitative estimate of drug-likeness (QED) is 0.827. The summed E-state index contributed by atoms with van der Waals surface area (Å²) in [4.78, 5) is 9.46. The van der Waals surface area contributed by atoms with Crippen molar-refractivity contribution >= 4 is 17.0 Å². The van der Waals surface area contributed by atoms with E-state index in [1.165, 1.54) is 0 Å². The van der Waals surface area contributed by atoms with Crippen molar-refractivity contribution in [2.45, 2.75) is 18.8 Å². The van der Waals surface area contributed by atoms with Crippen LogP contribution in [0.2, 0.25) is 0 Å². The van der Waals surface area contributed by atoms with Crippen molar-refractivity contribution < 1.29 is 8.78 Å². The Morgan fingerprint density at radius 2 is 1.88 bits per heavy atom. The van der Waals surface area contributed by atoms with Crippen LogP contribution in [0.5, 0.6) is 0 Å². The van der Waals surface area contributed by atoms with E-state index in [4.69, 9.17) is 0 Å². The zero-order valence-electron chi connectivity index (χ0n) is 9.29. The minimum Gasteiger partial charge on any atom is -0.342 e. The summed E-state index contributed by atoms with van der Waals surface area (Å²) in [5.74, 6) is -1.82. The maximum absolute atomic E-state index is 13.0. The molecule has 2 heterocycles. The molecule has 0 saturated carbocycles. The van der Waals surface area contributed by atoms with E-state index in [1.807, 2.05) is 29.2 Å². The van der Waals surface area contributed by atoms with Crippen LogP contribution < -0.4 is 4.90 Å². The van der Waals surface area contributed by atoms with Crippen LogP contribution in [0.3, 0.4) is 0 Å². The summed E-state index contributed by atoms with van der Waals surface area (Å²) in [5.41, 5.74) is 1.82. The number of aromatic amines is 1. The number of hydrogen-bond acceptors (Lipinski definition) is 2. The zero-order chi connectivity index (χ0) is 11.9. The maximum atomic E-state index is 13.0. The van der Waals surface area contributed by atoms with Gasteiger partial charge in [0, 0.05) is 25.9 Å². The molecule has 3 nitrogen and oxygen atoms in total. The van der Waals surface area contributed by atoms with Gasteiger partial charge in [-0.05, 0) is 12.1 Å². The van der Waals surface area contributed by atoms with Gasteiger partial charge in [-0.15, -0.1) is 0 Å². The molecule has 0 amide bonds. The predicted molar refractivity (Wildman–Crippen MR) is 62.5 cm³/mol. The first-order valence-corrected chi connectivity index (χ1v) is 5.72. The van der Waals surface area contributed by atoms with Crippen molar-refractivity contribution in [1.82, 2.24) is 9.97 Å². The lowest BCUT2D eigenvalue weighted by molar-refractivity contribution is -0.0222.